The van der Waals surface area contributed by atoms with E-state index in [-0.39, 0.29) is 23.8 Å². The van der Waals surface area contributed by atoms with Crippen LogP contribution in [0.3, 0.4) is 0 Å². The summed E-state index contributed by atoms with van der Waals surface area (Å²) in [5, 5.41) is 2.88. The molecule has 0 unspecified atom stereocenters. The first-order valence-corrected chi connectivity index (χ1v) is 10.0. The van der Waals surface area contributed by atoms with E-state index >= 15 is 0 Å². The Bertz CT molecular complexity index is 934. The lowest BCUT2D eigenvalue weighted by Crippen LogP contribution is -2.31. The molecule has 1 saturated carbocycles. The number of benzene rings is 1. The van der Waals surface area contributed by atoms with Gasteiger partial charge in [-0.1, -0.05) is 18.6 Å². The van der Waals surface area contributed by atoms with Crippen molar-refractivity contribution in [3.63, 3.8) is 0 Å². The van der Waals surface area contributed by atoms with Crippen molar-refractivity contribution in [2.45, 2.75) is 51.6 Å². The van der Waals surface area contributed by atoms with Gasteiger partial charge in [-0.3, -0.25) is 9.59 Å². The molecule has 0 atom stereocenters. The number of fused-ring (bicyclic) bond motifs is 1. The second-order valence-corrected chi connectivity index (χ2v) is 7.70. The van der Waals surface area contributed by atoms with E-state index in [1.807, 2.05) is 0 Å². The van der Waals surface area contributed by atoms with Crippen molar-refractivity contribution in [1.29, 1.82) is 0 Å². The van der Waals surface area contributed by atoms with Gasteiger partial charge in [0.2, 0.25) is 0 Å². The zero-order valence-corrected chi connectivity index (χ0v) is 15.9. The normalized spacial score (nSPS) is 16.2. The maximum Gasteiger partial charge on any atom is 0.257 e. The SMILES string of the molecule is O=C(NCc1cccc(F)c1)c1c(OCC2CC2)cc(=O)n2c1CCCCC2. The van der Waals surface area contributed by atoms with Gasteiger partial charge < -0.3 is 14.6 Å². The van der Waals surface area contributed by atoms with Crippen LogP contribution in [0.25, 0.3) is 0 Å². The average molecular weight is 384 g/mol. The molecule has 2 heterocycles. The third-order valence-corrected chi connectivity index (χ3v) is 5.42. The summed E-state index contributed by atoms with van der Waals surface area (Å²) >= 11 is 0. The number of rotatable bonds is 6. The quantitative estimate of drug-likeness (QED) is 0.830. The van der Waals surface area contributed by atoms with Crippen molar-refractivity contribution >= 4 is 5.91 Å². The second kappa shape index (κ2) is 8.17. The number of pyridine rings is 1. The minimum Gasteiger partial charge on any atom is -0.492 e. The number of amides is 1. The molecule has 0 saturated heterocycles. The third kappa shape index (κ3) is 4.26. The molecule has 28 heavy (non-hydrogen) atoms. The molecule has 1 aliphatic carbocycles. The Hall–Kier alpha value is -2.63. The molecular weight excluding hydrogens is 359 g/mol. The van der Waals surface area contributed by atoms with Crippen molar-refractivity contribution in [2.75, 3.05) is 6.61 Å². The van der Waals surface area contributed by atoms with E-state index in [2.05, 4.69) is 5.32 Å². The fourth-order valence-electron chi connectivity index (χ4n) is 3.68. The van der Waals surface area contributed by atoms with Crippen molar-refractivity contribution in [3.8, 4) is 5.75 Å². The number of ether oxygens (including phenoxy) is 1. The lowest BCUT2D eigenvalue weighted by molar-refractivity contribution is 0.0944. The number of carbonyl (C=O) groups is 1. The van der Waals surface area contributed by atoms with Crippen molar-refractivity contribution in [1.82, 2.24) is 9.88 Å². The Morgan fingerprint density at radius 2 is 2.07 bits per heavy atom. The number of nitrogens with one attached hydrogen (secondary N) is 1. The summed E-state index contributed by atoms with van der Waals surface area (Å²) in [6.07, 6.45) is 5.84. The fourth-order valence-corrected chi connectivity index (χ4v) is 3.68. The predicted octanol–water partition coefficient (Wildman–Crippen LogP) is 3.43. The first-order valence-electron chi connectivity index (χ1n) is 10.0. The first kappa shape index (κ1) is 18.7. The summed E-state index contributed by atoms with van der Waals surface area (Å²) in [5.41, 5.74) is 1.79. The van der Waals surface area contributed by atoms with Gasteiger partial charge in [0.05, 0.1) is 6.61 Å². The van der Waals surface area contributed by atoms with Gasteiger partial charge in [-0.15, -0.1) is 0 Å². The Morgan fingerprint density at radius 3 is 2.86 bits per heavy atom. The number of carbonyl (C=O) groups excluding carboxylic acids is 1. The summed E-state index contributed by atoms with van der Waals surface area (Å²) in [7, 11) is 0. The van der Waals surface area contributed by atoms with Gasteiger partial charge in [-0.05, 0) is 55.7 Å². The van der Waals surface area contributed by atoms with Crippen LogP contribution in [0.5, 0.6) is 5.75 Å². The molecular formula is C22H25FN2O3. The number of halogens is 1. The predicted molar refractivity (Wildman–Crippen MR) is 104 cm³/mol. The Kier molecular flexibility index (Phi) is 5.46. The summed E-state index contributed by atoms with van der Waals surface area (Å²) in [6, 6.07) is 7.62. The maximum absolute atomic E-state index is 13.4. The minimum atomic E-state index is -0.333. The van der Waals surface area contributed by atoms with Gasteiger partial charge in [0.1, 0.15) is 17.1 Å². The lowest BCUT2D eigenvalue weighted by atomic mass is 10.1. The zero-order chi connectivity index (χ0) is 19.5. The topological polar surface area (TPSA) is 60.3 Å². The number of nitrogens with zero attached hydrogens (tertiary/aromatic N) is 1. The maximum atomic E-state index is 13.4. The van der Waals surface area contributed by atoms with Crippen LogP contribution >= 0.6 is 0 Å². The number of hydrogen-bond acceptors (Lipinski definition) is 3. The van der Waals surface area contributed by atoms with Crippen LogP contribution < -0.4 is 15.6 Å². The highest BCUT2D eigenvalue weighted by Gasteiger charge is 2.26. The van der Waals surface area contributed by atoms with Crippen LogP contribution in [-0.2, 0) is 19.5 Å². The fraction of sp³-hybridized carbons (Fsp3) is 0.455. The van der Waals surface area contributed by atoms with E-state index < -0.39 is 0 Å². The van der Waals surface area contributed by atoms with Crippen LogP contribution in [0.4, 0.5) is 4.39 Å². The van der Waals surface area contributed by atoms with E-state index in [0.717, 1.165) is 37.8 Å². The lowest BCUT2D eigenvalue weighted by Gasteiger charge is -2.18. The van der Waals surface area contributed by atoms with E-state index in [9.17, 15) is 14.0 Å². The Balaban J connectivity index is 1.63. The molecule has 6 heteroatoms. The third-order valence-electron chi connectivity index (χ3n) is 5.42. The molecule has 5 nitrogen and oxygen atoms in total. The minimum absolute atomic E-state index is 0.107. The molecule has 2 aromatic rings. The van der Waals surface area contributed by atoms with Crippen molar-refractivity contribution in [2.24, 2.45) is 5.92 Å². The summed E-state index contributed by atoms with van der Waals surface area (Å²) in [4.78, 5) is 25.7. The van der Waals surface area contributed by atoms with Crippen molar-refractivity contribution in [3.05, 3.63) is 63.3 Å². The molecule has 1 N–H and O–H groups in total. The number of aromatic nitrogens is 1. The van der Waals surface area contributed by atoms with E-state index in [0.29, 0.717) is 42.4 Å². The first-order chi connectivity index (χ1) is 13.6. The van der Waals surface area contributed by atoms with Gasteiger partial charge >= 0.3 is 0 Å². The molecule has 0 spiro atoms. The van der Waals surface area contributed by atoms with Crippen LogP contribution in [-0.4, -0.2) is 17.1 Å². The Labute approximate surface area is 163 Å². The zero-order valence-electron chi connectivity index (χ0n) is 15.9. The van der Waals surface area contributed by atoms with Gasteiger partial charge in [-0.2, -0.15) is 0 Å². The van der Waals surface area contributed by atoms with Crippen LogP contribution in [0.2, 0.25) is 0 Å². The standard InChI is InChI=1S/C22H25FN2O3/c23-17-6-4-5-16(11-17)13-24-22(27)21-18-7-2-1-3-10-25(18)20(26)12-19(21)28-14-15-8-9-15/h4-6,11-12,15H,1-3,7-10,13-14H2,(H,24,27). The highest BCUT2D eigenvalue weighted by molar-refractivity contribution is 5.98. The molecule has 148 valence electrons. The molecule has 1 aromatic carbocycles. The molecule has 1 aliphatic heterocycles. The summed E-state index contributed by atoms with van der Waals surface area (Å²) in [6.45, 7) is 1.38. The van der Waals surface area contributed by atoms with Gasteiger partial charge in [-0.25, -0.2) is 4.39 Å². The second-order valence-electron chi connectivity index (χ2n) is 7.70. The molecule has 1 amide bonds. The monoisotopic (exact) mass is 384 g/mol. The van der Waals surface area contributed by atoms with E-state index in [1.54, 1.807) is 16.7 Å². The van der Waals surface area contributed by atoms with E-state index in [4.69, 9.17) is 4.74 Å². The van der Waals surface area contributed by atoms with E-state index in [1.165, 1.54) is 18.2 Å². The van der Waals surface area contributed by atoms with Crippen LogP contribution in [0, 0.1) is 11.7 Å². The van der Waals surface area contributed by atoms with Crippen molar-refractivity contribution < 1.29 is 13.9 Å². The van der Waals surface area contributed by atoms with Gasteiger partial charge in [0, 0.05) is 24.8 Å². The van der Waals surface area contributed by atoms with Gasteiger partial charge in [0.25, 0.3) is 11.5 Å². The molecule has 2 aliphatic rings. The summed E-state index contributed by atoms with van der Waals surface area (Å²) in [5.74, 6) is 0.285. The Morgan fingerprint density at radius 1 is 1.21 bits per heavy atom. The molecule has 0 bridgehead atoms. The molecule has 4 rings (SSSR count). The molecule has 0 radical (unpaired) electrons. The highest BCUT2D eigenvalue weighted by Crippen LogP contribution is 2.31. The largest absolute Gasteiger partial charge is 0.492 e. The van der Waals surface area contributed by atoms with Crippen LogP contribution in [0.15, 0.2) is 35.1 Å². The van der Waals surface area contributed by atoms with Crippen LogP contribution in [0.1, 0.15) is 53.7 Å². The average Bonchev–Trinajstić information content (AvgIpc) is 3.51. The highest BCUT2D eigenvalue weighted by atomic mass is 19.1. The summed E-state index contributed by atoms with van der Waals surface area (Å²) < 4.78 is 21.0. The number of hydrogen-bond donors (Lipinski definition) is 1. The molecule has 1 aromatic heterocycles. The van der Waals surface area contributed by atoms with Gasteiger partial charge in [0.15, 0.2) is 0 Å². The smallest absolute Gasteiger partial charge is 0.257 e. The molecule has 1 fully saturated rings.